The van der Waals surface area contributed by atoms with Gasteiger partial charge in [-0.15, -0.1) is 13.2 Å². The first-order valence-electron chi connectivity index (χ1n) is 4.79. The number of piperazine rings is 1. The molecule has 15 heavy (non-hydrogen) atoms. The molecule has 0 bridgehead atoms. The Morgan fingerprint density at radius 2 is 1.93 bits per heavy atom. The zero-order valence-corrected chi connectivity index (χ0v) is 8.26. The Kier molecular flexibility index (Phi) is 4.78. The molecule has 1 unspecified atom stereocenters. The van der Waals surface area contributed by atoms with Crippen molar-refractivity contribution in [1.82, 2.24) is 10.2 Å². The van der Waals surface area contributed by atoms with E-state index in [1.54, 1.807) is 0 Å². The van der Waals surface area contributed by atoms with Crippen molar-refractivity contribution in [1.29, 1.82) is 0 Å². The zero-order chi connectivity index (χ0) is 11.3. The molecule has 90 valence electrons. The van der Waals surface area contributed by atoms with Gasteiger partial charge in [0.15, 0.2) is 0 Å². The average molecular weight is 228 g/mol. The molecule has 0 aliphatic carbocycles. The van der Waals surface area contributed by atoms with Crippen molar-refractivity contribution in [2.24, 2.45) is 0 Å². The van der Waals surface area contributed by atoms with Gasteiger partial charge in [-0.05, 0) is 0 Å². The molecular formula is C8H15F3N2O2. The zero-order valence-electron chi connectivity index (χ0n) is 8.26. The summed E-state index contributed by atoms with van der Waals surface area (Å²) in [5.41, 5.74) is 0. The van der Waals surface area contributed by atoms with E-state index in [4.69, 9.17) is 0 Å². The predicted molar refractivity (Wildman–Crippen MR) is 47.3 cm³/mol. The van der Waals surface area contributed by atoms with E-state index >= 15 is 0 Å². The van der Waals surface area contributed by atoms with Gasteiger partial charge in [0.2, 0.25) is 0 Å². The number of ether oxygens (including phenoxy) is 1. The summed E-state index contributed by atoms with van der Waals surface area (Å²) in [5, 5.41) is 12.4. The SMILES string of the molecule is OC(COC(F)(F)F)CN1CCNCC1. The van der Waals surface area contributed by atoms with Crippen LogP contribution < -0.4 is 5.32 Å². The molecule has 7 heteroatoms. The Balaban J connectivity index is 2.14. The van der Waals surface area contributed by atoms with E-state index < -0.39 is 19.1 Å². The Labute approximate surface area is 86.0 Å². The van der Waals surface area contributed by atoms with Gasteiger partial charge in [-0.1, -0.05) is 0 Å². The van der Waals surface area contributed by atoms with Gasteiger partial charge in [0.25, 0.3) is 0 Å². The Bertz CT molecular complexity index is 183. The smallest absolute Gasteiger partial charge is 0.389 e. The van der Waals surface area contributed by atoms with Crippen molar-refractivity contribution in [3.63, 3.8) is 0 Å². The highest BCUT2D eigenvalue weighted by molar-refractivity contribution is 4.70. The summed E-state index contributed by atoms with van der Waals surface area (Å²) in [6.45, 7) is 2.59. The molecule has 4 nitrogen and oxygen atoms in total. The third kappa shape index (κ3) is 5.93. The minimum atomic E-state index is -4.66. The van der Waals surface area contributed by atoms with Crippen LogP contribution in [0.25, 0.3) is 0 Å². The number of alkyl halides is 3. The van der Waals surface area contributed by atoms with Gasteiger partial charge in [-0.3, -0.25) is 9.64 Å². The molecule has 1 heterocycles. The van der Waals surface area contributed by atoms with Gasteiger partial charge in [-0.2, -0.15) is 0 Å². The van der Waals surface area contributed by atoms with E-state index in [0.29, 0.717) is 0 Å². The third-order valence-corrected chi connectivity index (χ3v) is 2.12. The Hall–Kier alpha value is -0.370. The van der Waals surface area contributed by atoms with Crippen LogP contribution in [0, 0.1) is 0 Å². The number of rotatable bonds is 4. The van der Waals surface area contributed by atoms with Crippen LogP contribution in [0.1, 0.15) is 0 Å². The van der Waals surface area contributed by atoms with Crippen LogP contribution >= 0.6 is 0 Å². The van der Waals surface area contributed by atoms with Crippen molar-refractivity contribution >= 4 is 0 Å². The maximum Gasteiger partial charge on any atom is 0.522 e. The summed E-state index contributed by atoms with van der Waals surface area (Å²) in [4.78, 5) is 1.90. The minimum Gasteiger partial charge on any atom is -0.389 e. The second kappa shape index (κ2) is 5.64. The average Bonchev–Trinajstić information content (AvgIpc) is 2.15. The second-order valence-electron chi connectivity index (χ2n) is 3.46. The topological polar surface area (TPSA) is 44.7 Å². The Morgan fingerprint density at radius 3 is 2.47 bits per heavy atom. The number of halogens is 3. The van der Waals surface area contributed by atoms with Crippen LogP contribution in [-0.4, -0.2) is 61.8 Å². The fourth-order valence-corrected chi connectivity index (χ4v) is 1.44. The fraction of sp³-hybridized carbons (Fsp3) is 1.00. The minimum absolute atomic E-state index is 0.220. The van der Waals surface area contributed by atoms with Gasteiger partial charge >= 0.3 is 6.36 Å². The van der Waals surface area contributed by atoms with Crippen molar-refractivity contribution in [2.75, 3.05) is 39.3 Å². The molecule has 0 radical (unpaired) electrons. The highest BCUT2D eigenvalue weighted by atomic mass is 19.4. The number of nitrogens with one attached hydrogen (secondary N) is 1. The molecule has 1 saturated heterocycles. The summed E-state index contributed by atoms with van der Waals surface area (Å²) in [6.07, 6.45) is -5.76. The number of β-amino-alcohol motifs (C(OH)–C–C–N with tert-alkyl or cyclic N) is 1. The number of nitrogens with zero attached hydrogens (tertiary/aromatic N) is 1. The van der Waals surface area contributed by atoms with E-state index in [1.165, 1.54) is 0 Å². The van der Waals surface area contributed by atoms with Gasteiger partial charge in [0.1, 0.15) is 0 Å². The van der Waals surface area contributed by atoms with E-state index in [9.17, 15) is 18.3 Å². The van der Waals surface area contributed by atoms with Gasteiger partial charge in [-0.25, -0.2) is 0 Å². The molecule has 2 N–H and O–H groups in total. The molecule has 0 saturated carbocycles. The second-order valence-corrected chi connectivity index (χ2v) is 3.46. The molecule has 1 aliphatic rings. The number of aliphatic hydroxyl groups is 1. The van der Waals surface area contributed by atoms with Crippen LogP contribution in [-0.2, 0) is 4.74 Å². The van der Waals surface area contributed by atoms with Gasteiger partial charge in [0.05, 0.1) is 12.7 Å². The van der Waals surface area contributed by atoms with Crippen LogP contribution in [0.15, 0.2) is 0 Å². The Morgan fingerprint density at radius 1 is 1.33 bits per heavy atom. The summed E-state index contributed by atoms with van der Waals surface area (Å²) >= 11 is 0. The van der Waals surface area contributed by atoms with Gasteiger partial charge < -0.3 is 10.4 Å². The third-order valence-electron chi connectivity index (χ3n) is 2.12. The lowest BCUT2D eigenvalue weighted by atomic mass is 10.3. The molecule has 0 aromatic heterocycles. The molecular weight excluding hydrogens is 213 g/mol. The first-order valence-corrected chi connectivity index (χ1v) is 4.79. The quantitative estimate of drug-likeness (QED) is 0.699. The van der Waals surface area contributed by atoms with Crippen LogP contribution in [0.2, 0.25) is 0 Å². The number of aliphatic hydroxyl groups excluding tert-OH is 1. The van der Waals surface area contributed by atoms with Crippen LogP contribution in [0.5, 0.6) is 0 Å². The number of hydrogen-bond donors (Lipinski definition) is 2. The number of hydrogen-bond acceptors (Lipinski definition) is 4. The molecule has 0 spiro atoms. The predicted octanol–water partition coefficient (Wildman–Crippen LogP) is -0.211. The summed E-state index contributed by atoms with van der Waals surface area (Å²) in [6, 6.07) is 0. The maximum absolute atomic E-state index is 11.6. The van der Waals surface area contributed by atoms with Crippen molar-refractivity contribution in [3.05, 3.63) is 0 Å². The molecule has 0 aromatic rings. The van der Waals surface area contributed by atoms with E-state index in [0.717, 1.165) is 26.2 Å². The lowest BCUT2D eigenvalue weighted by Crippen LogP contribution is -2.47. The monoisotopic (exact) mass is 228 g/mol. The van der Waals surface area contributed by atoms with Crippen molar-refractivity contribution in [2.45, 2.75) is 12.5 Å². The molecule has 0 amide bonds. The first-order chi connectivity index (χ1) is 6.97. The first kappa shape index (κ1) is 12.7. The van der Waals surface area contributed by atoms with E-state index in [1.807, 2.05) is 4.90 Å². The summed E-state index contributed by atoms with van der Waals surface area (Å²) < 4.78 is 38.5. The van der Waals surface area contributed by atoms with Crippen LogP contribution in [0.3, 0.4) is 0 Å². The standard InChI is InChI=1S/C8H15F3N2O2/c9-8(10,11)15-6-7(14)5-13-3-1-12-2-4-13/h7,12,14H,1-6H2. The molecule has 1 fully saturated rings. The molecule has 1 rings (SSSR count). The normalized spacial score (nSPS) is 21.6. The summed E-state index contributed by atoms with van der Waals surface area (Å²) in [7, 11) is 0. The van der Waals surface area contributed by atoms with Gasteiger partial charge in [0, 0.05) is 32.7 Å². The highest BCUT2D eigenvalue weighted by Gasteiger charge is 2.30. The largest absolute Gasteiger partial charge is 0.522 e. The van der Waals surface area contributed by atoms with E-state index in [2.05, 4.69) is 10.1 Å². The fourth-order valence-electron chi connectivity index (χ4n) is 1.44. The summed E-state index contributed by atoms with van der Waals surface area (Å²) in [5.74, 6) is 0. The van der Waals surface area contributed by atoms with Crippen molar-refractivity contribution in [3.8, 4) is 0 Å². The highest BCUT2D eigenvalue weighted by Crippen LogP contribution is 2.16. The maximum atomic E-state index is 11.6. The van der Waals surface area contributed by atoms with Crippen molar-refractivity contribution < 1.29 is 23.0 Å². The molecule has 1 atom stereocenters. The van der Waals surface area contributed by atoms with Crippen LogP contribution in [0.4, 0.5) is 13.2 Å². The lowest BCUT2D eigenvalue weighted by Gasteiger charge is -2.29. The van der Waals surface area contributed by atoms with E-state index in [-0.39, 0.29) is 6.54 Å². The molecule has 0 aromatic carbocycles. The molecule has 1 aliphatic heterocycles. The lowest BCUT2D eigenvalue weighted by molar-refractivity contribution is -0.330.